The second kappa shape index (κ2) is 9.52. The van der Waals surface area contributed by atoms with Crippen molar-refractivity contribution >= 4 is 29.2 Å². The van der Waals surface area contributed by atoms with Crippen molar-refractivity contribution in [2.75, 3.05) is 25.5 Å². The lowest BCUT2D eigenvalue weighted by atomic mass is 10.1. The fraction of sp³-hybridized carbons (Fsp3) is 0.235. The fourth-order valence-electron chi connectivity index (χ4n) is 2.04. The molecule has 7 heteroatoms. The predicted octanol–water partition coefficient (Wildman–Crippen LogP) is 2.08. The predicted molar refractivity (Wildman–Crippen MR) is 97.4 cm³/mol. The minimum absolute atomic E-state index is 0.117. The summed E-state index contributed by atoms with van der Waals surface area (Å²) in [4.78, 5) is 19.9. The standard InChI is InChI=1S/C17H20ClN5O/c1-19-17(21-9-7-13-4-2-5-14(18)10-13)22-12-16(24)23-15-6-3-8-20-11-15/h2-6,8,10-11H,7,9,12H2,1H3,(H,23,24)(H2,19,21,22). The Kier molecular flexibility index (Phi) is 7.04. The molecule has 126 valence electrons. The van der Waals surface area contributed by atoms with Crippen LogP contribution >= 0.6 is 11.6 Å². The molecule has 0 fully saturated rings. The maximum Gasteiger partial charge on any atom is 0.243 e. The number of guanidine groups is 1. The first-order valence-electron chi connectivity index (χ1n) is 7.56. The number of nitrogens with zero attached hydrogens (tertiary/aromatic N) is 2. The molecule has 1 amide bonds. The Bertz CT molecular complexity index is 690. The van der Waals surface area contributed by atoms with E-state index >= 15 is 0 Å². The van der Waals surface area contributed by atoms with E-state index in [1.165, 1.54) is 0 Å². The van der Waals surface area contributed by atoms with Gasteiger partial charge >= 0.3 is 0 Å². The van der Waals surface area contributed by atoms with Crippen molar-refractivity contribution in [3.63, 3.8) is 0 Å². The van der Waals surface area contributed by atoms with Gasteiger partial charge in [0.2, 0.25) is 5.91 Å². The lowest BCUT2D eigenvalue weighted by Gasteiger charge is -2.12. The summed E-state index contributed by atoms with van der Waals surface area (Å²) in [6.45, 7) is 0.802. The zero-order chi connectivity index (χ0) is 17.2. The number of carbonyl (C=O) groups excluding carboxylic acids is 1. The smallest absolute Gasteiger partial charge is 0.243 e. The molecule has 2 aromatic rings. The van der Waals surface area contributed by atoms with Gasteiger partial charge in [-0.1, -0.05) is 23.7 Å². The highest BCUT2D eigenvalue weighted by Gasteiger charge is 2.04. The van der Waals surface area contributed by atoms with Crippen molar-refractivity contribution in [1.82, 2.24) is 15.6 Å². The number of rotatable bonds is 6. The first-order chi connectivity index (χ1) is 11.7. The molecule has 3 N–H and O–H groups in total. The topological polar surface area (TPSA) is 78.4 Å². The number of nitrogens with one attached hydrogen (secondary N) is 3. The molecule has 1 heterocycles. The Morgan fingerprint density at radius 3 is 2.83 bits per heavy atom. The molecule has 2 rings (SSSR count). The van der Waals surface area contributed by atoms with Crippen molar-refractivity contribution < 1.29 is 4.79 Å². The van der Waals surface area contributed by atoms with E-state index in [0.29, 0.717) is 18.2 Å². The van der Waals surface area contributed by atoms with Gasteiger partial charge in [0, 0.05) is 24.8 Å². The lowest BCUT2D eigenvalue weighted by molar-refractivity contribution is -0.115. The number of carbonyl (C=O) groups is 1. The number of anilines is 1. The molecule has 0 atom stereocenters. The summed E-state index contributed by atoms with van der Waals surface area (Å²) >= 11 is 5.96. The SMILES string of the molecule is CN=C(NCCc1cccc(Cl)c1)NCC(=O)Nc1cccnc1. The molecule has 6 nitrogen and oxygen atoms in total. The van der Waals surface area contributed by atoms with Gasteiger partial charge < -0.3 is 16.0 Å². The number of pyridine rings is 1. The molecule has 0 bridgehead atoms. The third-order valence-corrected chi connectivity index (χ3v) is 3.42. The van der Waals surface area contributed by atoms with E-state index in [1.54, 1.807) is 31.6 Å². The summed E-state index contributed by atoms with van der Waals surface area (Å²) in [6, 6.07) is 11.3. The van der Waals surface area contributed by atoms with Crippen LogP contribution in [0.4, 0.5) is 5.69 Å². The van der Waals surface area contributed by atoms with Crippen LogP contribution in [-0.4, -0.2) is 37.0 Å². The van der Waals surface area contributed by atoms with Gasteiger partial charge in [-0.2, -0.15) is 0 Å². The zero-order valence-corrected chi connectivity index (χ0v) is 14.2. The normalized spacial score (nSPS) is 11.0. The van der Waals surface area contributed by atoms with E-state index in [-0.39, 0.29) is 12.5 Å². The molecule has 0 saturated carbocycles. The van der Waals surface area contributed by atoms with Crippen LogP contribution in [0.3, 0.4) is 0 Å². The fourth-order valence-corrected chi connectivity index (χ4v) is 2.26. The molecule has 1 aromatic heterocycles. The molecule has 0 aliphatic carbocycles. The van der Waals surface area contributed by atoms with Crippen molar-refractivity contribution in [2.24, 2.45) is 4.99 Å². The number of benzene rings is 1. The summed E-state index contributed by atoms with van der Waals surface area (Å²) in [5.74, 6) is 0.402. The van der Waals surface area contributed by atoms with Crippen molar-refractivity contribution in [1.29, 1.82) is 0 Å². The maximum atomic E-state index is 11.9. The summed E-state index contributed by atoms with van der Waals surface area (Å²) in [5, 5.41) is 9.60. The van der Waals surface area contributed by atoms with Crippen molar-refractivity contribution in [3.8, 4) is 0 Å². The summed E-state index contributed by atoms with van der Waals surface area (Å²) < 4.78 is 0. The van der Waals surface area contributed by atoms with Crippen LogP contribution in [0.15, 0.2) is 53.8 Å². The molecule has 0 saturated heterocycles. The van der Waals surface area contributed by atoms with E-state index in [0.717, 1.165) is 17.0 Å². The van der Waals surface area contributed by atoms with Gasteiger partial charge in [0.25, 0.3) is 0 Å². The zero-order valence-electron chi connectivity index (χ0n) is 13.4. The molecule has 0 unspecified atom stereocenters. The average molecular weight is 346 g/mol. The van der Waals surface area contributed by atoms with Gasteiger partial charge in [0.05, 0.1) is 18.4 Å². The Labute approximate surface area is 146 Å². The van der Waals surface area contributed by atoms with Gasteiger partial charge in [-0.15, -0.1) is 0 Å². The van der Waals surface area contributed by atoms with E-state index < -0.39 is 0 Å². The van der Waals surface area contributed by atoms with Crippen LogP contribution in [0.5, 0.6) is 0 Å². The van der Waals surface area contributed by atoms with Gasteiger partial charge in [-0.3, -0.25) is 14.8 Å². The molecule has 0 aliphatic heterocycles. The van der Waals surface area contributed by atoms with Gasteiger partial charge in [0.1, 0.15) is 0 Å². The molecule has 0 aliphatic rings. The number of hydrogen-bond acceptors (Lipinski definition) is 3. The highest BCUT2D eigenvalue weighted by atomic mass is 35.5. The Hall–Kier alpha value is -2.60. The minimum Gasteiger partial charge on any atom is -0.356 e. The Morgan fingerprint density at radius 1 is 1.25 bits per heavy atom. The van der Waals surface area contributed by atoms with Crippen LogP contribution in [0.25, 0.3) is 0 Å². The van der Waals surface area contributed by atoms with Gasteiger partial charge in [-0.25, -0.2) is 0 Å². The Morgan fingerprint density at radius 2 is 2.12 bits per heavy atom. The molecular formula is C17H20ClN5O. The molecule has 1 aromatic carbocycles. The number of aliphatic imine (C=N–C) groups is 1. The lowest BCUT2D eigenvalue weighted by Crippen LogP contribution is -2.42. The van der Waals surface area contributed by atoms with Crippen LogP contribution in [0, 0.1) is 0 Å². The van der Waals surface area contributed by atoms with E-state index in [2.05, 4.69) is 25.9 Å². The average Bonchev–Trinajstić information content (AvgIpc) is 2.59. The third-order valence-electron chi connectivity index (χ3n) is 3.18. The van der Waals surface area contributed by atoms with Crippen molar-refractivity contribution in [3.05, 3.63) is 59.4 Å². The molecule has 0 spiro atoms. The van der Waals surface area contributed by atoms with E-state index in [9.17, 15) is 4.79 Å². The van der Waals surface area contributed by atoms with E-state index in [4.69, 9.17) is 11.6 Å². The number of halogens is 1. The second-order valence-corrected chi connectivity index (χ2v) is 5.46. The summed E-state index contributed by atoms with van der Waals surface area (Å²) in [7, 11) is 1.66. The Balaban J connectivity index is 1.71. The van der Waals surface area contributed by atoms with E-state index in [1.807, 2.05) is 24.3 Å². The van der Waals surface area contributed by atoms with Crippen molar-refractivity contribution in [2.45, 2.75) is 6.42 Å². The first-order valence-corrected chi connectivity index (χ1v) is 7.94. The summed E-state index contributed by atoms with van der Waals surface area (Å²) in [5.41, 5.74) is 1.80. The monoisotopic (exact) mass is 345 g/mol. The van der Waals surface area contributed by atoms with Crippen LogP contribution in [0.2, 0.25) is 5.02 Å². The number of aromatic nitrogens is 1. The highest BCUT2D eigenvalue weighted by molar-refractivity contribution is 6.30. The van der Waals surface area contributed by atoms with Gasteiger partial charge in [0.15, 0.2) is 5.96 Å². The molecular weight excluding hydrogens is 326 g/mol. The van der Waals surface area contributed by atoms with Gasteiger partial charge in [-0.05, 0) is 36.2 Å². The summed E-state index contributed by atoms with van der Waals surface area (Å²) in [6.07, 6.45) is 4.05. The largest absolute Gasteiger partial charge is 0.356 e. The number of amides is 1. The third kappa shape index (κ3) is 6.26. The molecule has 0 radical (unpaired) electrons. The molecule has 24 heavy (non-hydrogen) atoms. The highest BCUT2D eigenvalue weighted by Crippen LogP contribution is 2.10. The van der Waals surface area contributed by atoms with Crippen LogP contribution in [0.1, 0.15) is 5.56 Å². The maximum absolute atomic E-state index is 11.9. The minimum atomic E-state index is -0.166. The number of hydrogen-bond donors (Lipinski definition) is 3. The second-order valence-electron chi connectivity index (χ2n) is 5.02. The first kappa shape index (κ1) is 17.7. The quantitative estimate of drug-likeness (QED) is 0.553. The van der Waals surface area contributed by atoms with Crippen LogP contribution < -0.4 is 16.0 Å². The van der Waals surface area contributed by atoms with Crippen LogP contribution in [-0.2, 0) is 11.2 Å².